The van der Waals surface area contributed by atoms with Crippen LogP contribution in [-0.2, 0) is 16.4 Å². The van der Waals surface area contributed by atoms with Crippen LogP contribution in [-0.4, -0.2) is 47.6 Å². The zero-order chi connectivity index (χ0) is 25.4. The van der Waals surface area contributed by atoms with E-state index in [-0.39, 0.29) is 4.90 Å². The highest BCUT2D eigenvalue weighted by molar-refractivity contribution is 7.89. The lowest BCUT2D eigenvalue weighted by molar-refractivity contribution is 0.231. The number of piperidine rings is 1. The molecule has 0 aliphatic carbocycles. The fourth-order valence-corrected chi connectivity index (χ4v) is 6.04. The summed E-state index contributed by atoms with van der Waals surface area (Å²) in [5.41, 5.74) is 5.82. The molecule has 0 unspecified atom stereocenters. The molecular weight excluding hydrogens is 482 g/mol. The molecule has 2 aromatic heterocycles. The summed E-state index contributed by atoms with van der Waals surface area (Å²) in [7, 11) is -3.85. The third-order valence-electron chi connectivity index (χ3n) is 7.29. The average Bonchev–Trinajstić information content (AvgIpc) is 3.35. The molecule has 0 saturated carbocycles. The molecule has 0 bridgehead atoms. The zero-order valence-electron chi connectivity index (χ0n) is 20.5. The maximum absolute atomic E-state index is 12.1. The van der Waals surface area contributed by atoms with Crippen LogP contribution in [0.4, 0.5) is 0 Å². The summed E-state index contributed by atoms with van der Waals surface area (Å²) in [6, 6.07) is 19.4. The largest absolute Gasteiger partial charge is 0.303 e. The number of aromatic nitrogens is 3. The highest BCUT2D eigenvalue weighted by Crippen LogP contribution is 2.34. The lowest BCUT2D eigenvalue weighted by Crippen LogP contribution is -2.31. The van der Waals surface area contributed by atoms with E-state index in [1.807, 2.05) is 24.5 Å². The van der Waals surface area contributed by atoms with Gasteiger partial charge in [-0.25, -0.2) is 23.1 Å². The Morgan fingerprint density at radius 3 is 2.32 bits per heavy atom. The fourth-order valence-electron chi connectivity index (χ4n) is 5.30. The van der Waals surface area contributed by atoms with Crippen LogP contribution in [0.15, 0.2) is 84.1 Å². The first-order chi connectivity index (χ1) is 18.0. The van der Waals surface area contributed by atoms with Crippen LogP contribution in [0.5, 0.6) is 0 Å². The molecule has 37 heavy (non-hydrogen) atoms. The van der Waals surface area contributed by atoms with Crippen LogP contribution in [0, 0.1) is 0 Å². The van der Waals surface area contributed by atoms with Crippen molar-refractivity contribution in [3.63, 3.8) is 0 Å². The van der Waals surface area contributed by atoms with Crippen molar-refractivity contribution in [2.75, 3.05) is 19.6 Å². The maximum Gasteiger partial charge on any atom is 0.238 e. The van der Waals surface area contributed by atoms with Gasteiger partial charge in [0.1, 0.15) is 0 Å². The van der Waals surface area contributed by atoms with Gasteiger partial charge in [0.25, 0.3) is 0 Å². The minimum atomic E-state index is -3.85. The van der Waals surface area contributed by atoms with Gasteiger partial charge >= 0.3 is 0 Å². The molecule has 0 radical (unpaired) electrons. The minimum absolute atomic E-state index is 0.109. The van der Waals surface area contributed by atoms with Crippen LogP contribution in [0.2, 0.25) is 0 Å². The van der Waals surface area contributed by atoms with Crippen molar-refractivity contribution in [2.45, 2.75) is 30.6 Å². The van der Waals surface area contributed by atoms with Gasteiger partial charge in [0.05, 0.1) is 11.1 Å². The van der Waals surface area contributed by atoms with Crippen molar-refractivity contribution in [3.8, 4) is 22.3 Å². The highest BCUT2D eigenvalue weighted by atomic mass is 32.2. The molecular formula is C29H29N5O2S. The van der Waals surface area contributed by atoms with Crippen molar-refractivity contribution in [1.29, 1.82) is 0 Å². The predicted octanol–water partition coefficient (Wildman–Crippen LogP) is 4.89. The van der Waals surface area contributed by atoms with Gasteiger partial charge in [-0.2, -0.15) is 5.10 Å². The number of nitrogens with zero attached hydrogens (tertiary/aromatic N) is 4. The second-order valence-corrected chi connectivity index (χ2v) is 11.2. The minimum Gasteiger partial charge on any atom is -0.303 e. The van der Waals surface area contributed by atoms with Crippen LogP contribution in [0.25, 0.3) is 38.7 Å². The summed E-state index contributed by atoms with van der Waals surface area (Å²) >= 11 is 0. The topological polar surface area (TPSA) is 93.6 Å². The van der Waals surface area contributed by atoms with E-state index in [4.69, 9.17) is 10.1 Å². The number of hydrogen-bond acceptors (Lipinski definition) is 5. The average molecular weight is 512 g/mol. The van der Waals surface area contributed by atoms with Crippen molar-refractivity contribution in [2.24, 2.45) is 5.14 Å². The summed E-state index contributed by atoms with van der Waals surface area (Å²) in [4.78, 5) is 7.42. The van der Waals surface area contributed by atoms with Crippen LogP contribution in [0.1, 0.15) is 24.8 Å². The second-order valence-electron chi connectivity index (χ2n) is 9.72. The zero-order valence-corrected chi connectivity index (χ0v) is 21.4. The Kier molecular flexibility index (Phi) is 6.24. The summed E-state index contributed by atoms with van der Waals surface area (Å²) in [5, 5.41) is 11.4. The van der Waals surface area contributed by atoms with E-state index in [1.54, 1.807) is 35.0 Å². The summed E-state index contributed by atoms with van der Waals surface area (Å²) in [5.74, 6) is 0. The first-order valence-electron chi connectivity index (χ1n) is 12.7. The predicted molar refractivity (Wildman–Crippen MR) is 147 cm³/mol. The van der Waals surface area contributed by atoms with E-state index in [0.29, 0.717) is 11.0 Å². The number of hydrogen-bond donors (Lipinski definition) is 1. The first-order valence-corrected chi connectivity index (χ1v) is 14.2. The molecule has 1 saturated heterocycles. The van der Waals surface area contributed by atoms with E-state index < -0.39 is 10.0 Å². The van der Waals surface area contributed by atoms with Gasteiger partial charge in [0.15, 0.2) is 5.65 Å². The molecule has 5 aromatic rings. The molecule has 188 valence electrons. The van der Waals surface area contributed by atoms with E-state index in [9.17, 15) is 8.42 Å². The number of benzene rings is 3. The first kappa shape index (κ1) is 23.8. The standard InChI is InChI=1S/C29H29N5O2S/c30-37(35,36)28-13-12-25(24-6-2-3-7-26(24)28)27-19-32-34-20-23(18-31-29(27)34)22-10-8-21(9-11-22)14-17-33-15-4-1-5-16-33/h2-3,6-13,18-20H,1,4-5,14-17H2,(H2,30,35,36). The number of nitrogens with two attached hydrogens (primary N) is 1. The maximum atomic E-state index is 12.1. The lowest BCUT2D eigenvalue weighted by Gasteiger charge is -2.26. The van der Waals surface area contributed by atoms with Crippen LogP contribution in [0.3, 0.4) is 0 Å². The van der Waals surface area contributed by atoms with Crippen LogP contribution >= 0.6 is 0 Å². The van der Waals surface area contributed by atoms with Gasteiger partial charge in [-0.15, -0.1) is 0 Å². The molecule has 1 fully saturated rings. The smallest absolute Gasteiger partial charge is 0.238 e. The van der Waals surface area contributed by atoms with E-state index in [0.717, 1.165) is 40.6 Å². The Labute approximate surface area is 216 Å². The molecule has 6 rings (SSSR count). The van der Waals surface area contributed by atoms with E-state index >= 15 is 0 Å². The number of fused-ring (bicyclic) bond motifs is 2. The number of rotatable bonds is 6. The second kappa shape index (κ2) is 9.70. The Balaban J connectivity index is 1.29. The van der Waals surface area contributed by atoms with Gasteiger partial charge in [-0.1, -0.05) is 61.0 Å². The fraction of sp³-hybridized carbons (Fsp3) is 0.241. The molecule has 0 amide bonds. The Bertz CT molecular complexity index is 1690. The molecule has 8 heteroatoms. The van der Waals surface area contributed by atoms with Gasteiger partial charge in [-0.05, 0) is 60.5 Å². The lowest BCUT2D eigenvalue weighted by atomic mass is 10.00. The van der Waals surface area contributed by atoms with Gasteiger partial charge < -0.3 is 4.90 Å². The van der Waals surface area contributed by atoms with E-state index in [1.165, 1.54) is 37.9 Å². The van der Waals surface area contributed by atoms with Crippen LogP contribution < -0.4 is 5.14 Å². The number of primary sulfonamides is 1. The molecule has 3 heterocycles. The molecule has 3 aromatic carbocycles. The molecule has 7 nitrogen and oxygen atoms in total. The summed E-state index contributed by atoms with van der Waals surface area (Å²) in [6.07, 6.45) is 10.7. The van der Waals surface area contributed by atoms with Crippen molar-refractivity contribution >= 4 is 26.4 Å². The third kappa shape index (κ3) is 4.75. The molecule has 2 N–H and O–H groups in total. The van der Waals surface area contributed by atoms with Gasteiger partial charge in [0.2, 0.25) is 10.0 Å². The summed E-state index contributed by atoms with van der Waals surface area (Å²) in [6.45, 7) is 3.57. The van der Waals surface area contributed by atoms with Crippen molar-refractivity contribution in [3.05, 3.63) is 84.8 Å². The normalized spacial score (nSPS) is 14.9. The third-order valence-corrected chi connectivity index (χ3v) is 8.26. The Morgan fingerprint density at radius 2 is 1.57 bits per heavy atom. The number of likely N-dealkylation sites (tertiary alicyclic amines) is 1. The quantitative estimate of drug-likeness (QED) is 0.350. The Morgan fingerprint density at radius 1 is 0.811 bits per heavy atom. The Hall–Kier alpha value is -3.59. The molecule has 0 atom stereocenters. The summed E-state index contributed by atoms with van der Waals surface area (Å²) < 4.78 is 26.0. The van der Waals surface area contributed by atoms with Crippen molar-refractivity contribution in [1.82, 2.24) is 19.5 Å². The molecule has 1 aliphatic heterocycles. The monoisotopic (exact) mass is 511 g/mol. The highest BCUT2D eigenvalue weighted by Gasteiger charge is 2.18. The van der Waals surface area contributed by atoms with Crippen molar-refractivity contribution < 1.29 is 8.42 Å². The molecule has 1 aliphatic rings. The van der Waals surface area contributed by atoms with Gasteiger partial charge in [-0.3, -0.25) is 0 Å². The van der Waals surface area contributed by atoms with Gasteiger partial charge in [0, 0.05) is 35.5 Å². The number of sulfonamides is 1. The van der Waals surface area contributed by atoms with E-state index in [2.05, 4.69) is 34.3 Å². The molecule has 0 spiro atoms. The SMILES string of the molecule is NS(=O)(=O)c1ccc(-c2cnn3cc(-c4ccc(CCN5CCCCC5)cc4)cnc23)c2ccccc12.